The van der Waals surface area contributed by atoms with Crippen molar-refractivity contribution in [2.75, 3.05) is 6.61 Å². The van der Waals surface area contributed by atoms with Gasteiger partial charge in [-0.1, -0.05) is 29.8 Å². The van der Waals surface area contributed by atoms with Crippen LogP contribution in [0.1, 0.15) is 29.6 Å². The Labute approximate surface area is 150 Å². The Hall–Kier alpha value is -2.51. The van der Waals surface area contributed by atoms with Crippen LogP contribution in [-0.2, 0) is 11.4 Å². The second-order valence-electron chi connectivity index (χ2n) is 5.48. The van der Waals surface area contributed by atoms with Crippen LogP contribution in [0.15, 0.2) is 43.0 Å². The highest BCUT2D eigenvalue weighted by molar-refractivity contribution is 6.33. The van der Waals surface area contributed by atoms with Gasteiger partial charge in [-0.25, -0.2) is 20.4 Å². The first-order chi connectivity index (χ1) is 12.3. The molecule has 1 amide bonds. The van der Waals surface area contributed by atoms with Gasteiger partial charge in [-0.3, -0.25) is 9.63 Å². The molecule has 0 aliphatic heterocycles. The van der Waals surface area contributed by atoms with Gasteiger partial charge >= 0.3 is 0 Å². The molecule has 3 aromatic rings. The number of carbonyl (C=O) groups is 1. The summed E-state index contributed by atoms with van der Waals surface area (Å²) >= 11 is 5.98. The molecule has 0 atom stereocenters. The van der Waals surface area contributed by atoms with Gasteiger partial charge in [-0.05, 0) is 31.4 Å². The zero-order chi connectivity index (χ0) is 17.5. The fraction of sp³-hybridized carbons (Fsp3) is 0.294. The molecule has 0 fully saturated rings. The van der Waals surface area contributed by atoms with Crippen LogP contribution in [0.3, 0.4) is 0 Å². The number of hydrogen-bond acceptors (Lipinski definition) is 5. The highest BCUT2D eigenvalue weighted by atomic mass is 35.5. The summed E-state index contributed by atoms with van der Waals surface area (Å²) < 4.78 is 1.96. The molecule has 2 aromatic heterocycles. The minimum atomic E-state index is -0.234. The first kappa shape index (κ1) is 17.3. The van der Waals surface area contributed by atoms with Gasteiger partial charge in [0.25, 0.3) is 5.91 Å². The molecule has 0 bridgehead atoms. The van der Waals surface area contributed by atoms with Crippen LogP contribution in [0.4, 0.5) is 0 Å². The third-order valence-electron chi connectivity index (χ3n) is 3.70. The topological polar surface area (TPSA) is 81.9 Å². The Morgan fingerprint density at radius 1 is 1.12 bits per heavy atom. The van der Waals surface area contributed by atoms with E-state index in [9.17, 15) is 4.79 Å². The van der Waals surface area contributed by atoms with Crippen molar-refractivity contribution in [1.82, 2.24) is 25.0 Å². The number of benzene rings is 1. The summed E-state index contributed by atoms with van der Waals surface area (Å²) in [4.78, 5) is 29.3. The molecule has 2 heterocycles. The third-order valence-corrected chi connectivity index (χ3v) is 3.98. The van der Waals surface area contributed by atoms with Gasteiger partial charge in [0.1, 0.15) is 11.8 Å². The average molecular weight is 360 g/mol. The van der Waals surface area contributed by atoms with Crippen LogP contribution < -0.4 is 5.48 Å². The first-order valence-electron chi connectivity index (χ1n) is 8.04. The molecule has 7 nitrogen and oxygen atoms in total. The van der Waals surface area contributed by atoms with Crippen LogP contribution in [0.5, 0.6) is 0 Å². The Bertz CT molecular complexity index is 837. The van der Waals surface area contributed by atoms with E-state index < -0.39 is 0 Å². The number of aromatic nitrogens is 4. The number of hydroxylamine groups is 1. The number of hydrogen-bond donors (Lipinski definition) is 1. The van der Waals surface area contributed by atoms with Gasteiger partial charge in [-0.2, -0.15) is 0 Å². The van der Waals surface area contributed by atoms with Crippen LogP contribution in [0, 0.1) is 0 Å². The summed E-state index contributed by atoms with van der Waals surface area (Å²) in [6.45, 7) is 1.26. The lowest BCUT2D eigenvalue weighted by molar-refractivity contribution is 0.0297. The average Bonchev–Trinajstić information content (AvgIpc) is 3.06. The lowest BCUT2D eigenvalue weighted by Gasteiger charge is -2.06. The number of unbranched alkanes of at least 4 members (excludes halogenated alkanes) is 2. The van der Waals surface area contributed by atoms with Gasteiger partial charge in [0, 0.05) is 12.1 Å². The van der Waals surface area contributed by atoms with Gasteiger partial charge in [-0.15, -0.1) is 0 Å². The number of nitrogens with one attached hydrogen (secondary N) is 1. The molecule has 0 aliphatic rings. The van der Waals surface area contributed by atoms with E-state index in [1.807, 2.05) is 22.8 Å². The number of imidazole rings is 1. The molecule has 0 unspecified atom stereocenters. The maximum Gasteiger partial charge on any atom is 0.274 e. The third kappa shape index (κ3) is 4.52. The number of carbonyl (C=O) groups excluding carboxylic acids is 1. The molecule has 25 heavy (non-hydrogen) atoms. The number of aryl methyl sites for hydroxylation is 1. The molecule has 0 radical (unpaired) electrons. The number of amides is 1. The monoisotopic (exact) mass is 359 g/mol. The van der Waals surface area contributed by atoms with Crippen LogP contribution in [-0.4, -0.2) is 32.0 Å². The first-order valence-corrected chi connectivity index (χ1v) is 8.42. The van der Waals surface area contributed by atoms with Crippen molar-refractivity contribution in [2.45, 2.75) is 25.8 Å². The standard InChI is InChI=1S/C17H18ClN5O2/c18-15-14-16(20-11-19-15)23(12-21-14)9-5-2-6-10-25-22-17(24)13-7-3-1-4-8-13/h1,3-4,7-8,11-12H,2,5-6,9-10H2,(H,22,24). The van der Waals surface area contributed by atoms with Crippen molar-refractivity contribution in [1.29, 1.82) is 0 Å². The maximum atomic E-state index is 11.8. The molecule has 0 spiro atoms. The summed E-state index contributed by atoms with van der Waals surface area (Å²) in [5.41, 5.74) is 4.39. The lowest BCUT2D eigenvalue weighted by Crippen LogP contribution is -2.24. The summed E-state index contributed by atoms with van der Waals surface area (Å²) in [5, 5.41) is 0.367. The number of halogens is 1. The van der Waals surface area contributed by atoms with Crippen molar-refractivity contribution < 1.29 is 9.63 Å². The second-order valence-corrected chi connectivity index (χ2v) is 5.84. The zero-order valence-corrected chi connectivity index (χ0v) is 14.3. The van der Waals surface area contributed by atoms with Gasteiger partial charge in [0.05, 0.1) is 12.9 Å². The van der Waals surface area contributed by atoms with E-state index in [0.717, 1.165) is 31.5 Å². The van der Waals surface area contributed by atoms with E-state index in [4.69, 9.17) is 16.4 Å². The summed E-state index contributed by atoms with van der Waals surface area (Å²) in [6, 6.07) is 8.97. The largest absolute Gasteiger partial charge is 0.315 e. The van der Waals surface area contributed by atoms with Crippen molar-refractivity contribution in [2.24, 2.45) is 0 Å². The van der Waals surface area contributed by atoms with Gasteiger partial charge in [0.2, 0.25) is 0 Å². The normalized spacial score (nSPS) is 10.9. The van der Waals surface area contributed by atoms with E-state index in [1.165, 1.54) is 6.33 Å². The van der Waals surface area contributed by atoms with E-state index in [1.54, 1.807) is 18.5 Å². The molecule has 0 saturated heterocycles. The molecule has 0 saturated carbocycles. The molecular formula is C17H18ClN5O2. The molecular weight excluding hydrogens is 342 g/mol. The predicted octanol–water partition coefficient (Wildman–Crippen LogP) is 3.01. The zero-order valence-electron chi connectivity index (χ0n) is 13.6. The van der Waals surface area contributed by atoms with Gasteiger partial charge in [0.15, 0.2) is 10.8 Å². The number of rotatable bonds is 8. The van der Waals surface area contributed by atoms with Crippen LogP contribution in [0.25, 0.3) is 11.2 Å². The SMILES string of the molecule is O=C(NOCCCCCn1cnc2c(Cl)ncnc21)c1ccccc1. The summed E-state index contributed by atoms with van der Waals surface area (Å²) in [5.74, 6) is -0.234. The molecule has 0 aliphatic carbocycles. The predicted molar refractivity (Wildman–Crippen MR) is 94.0 cm³/mol. The minimum absolute atomic E-state index is 0.234. The smallest absolute Gasteiger partial charge is 0.274 e. The van der Waals surface area contributed by atoms with E-state index >= 15 is 0 Å². The van der Waals surface area contributed by atoms with Crippen molar-refractivity contribution in [3.63, 3.8) is 0 Å². The molecule has 8 heteroatoms. The Morgan fingerprint density at radius 3 is 2.80 bits per heavy atom. The number of nitrogens with zero attached hydrogens (tertiary/aromatic N) is 4. The highest BCUT2D eigenvalue weighted by Gasteiger charge is 2.08. The van der Waals surface area contributed by atoms with E-state index in [-0.39, 0.29) is 5.91 Å². The van der Waals surface area contributed by atoms with E-state index in [0.29, 0.717) is 22.8 Å². The number of fused-ring (bicyclic) bond motifs is 1. The van der Waals surface area contributed by atoms with Crippen molar-refractivity contribution in [3.05, 3.63) is 53.7 Å². The maximum absolute atomic E-state index is 11.8. The van der Waals surface area contributed by atoms with Gasteiger partial charge < -0.3 is 4.57 Å². The van der Waals surface area contributed by atoms with Crippen molar-refractivity contribution in [3.8, 4) is 0 Å². The van der Waals surface area contributed by atoms with Crippen molar-refractivity contribution >= 4 is 28.7 Å². The quantitative estimate of drug-likeness (QED) is 0.380. The Kier molecular flexibility index (Phi) is 5.92. The second kappa shape index (κ2) is 8.55. The summed E-state index contributed by atoms with van der Waals surface area (Å²) in [7, 11) is 0. The lowest BCUT2D eigenvalue weighted by atomic mass is 10.2. The van der Waals surface area contributed by atoms with Crippen LogP contribution in [0.2, 0.25) is 5.15 Å². The molecule has 1 N–H and O–H groups in total. The fourth-order valence-corrected chi connectivity index (χ4v) is 2.59. The Morgan fingerprint density at radius 2 is 1.96 bits per heavy atom. The fourth-order valence-electron chi connectivity index (χ4n) is 2.41. The van der Waals surface area contributed by atoms with E-state index in [2.05, 4.69) is 20.4 Å². The molecule has 130 valence electrons. The molecule has 1 aromatic carbocycles. The summed E-state index contributed by atoms with van der Waals surface area (Å²) in [6.07, 6.45) is 5.91. The van der Waals surface area contributed by atoms with Crippen LogP contribution >= 0.6 is 11.6 Å². The highest BCUT2D eigenvalue weighted by Crippen LogP contribution is 2.17. The molecule has 3 rings (SSSR count). The minimum Gasteiger partial charge on any atom is -0.315 e. The Balaban J connectivity index is 1.34.